The van der Waals surface area contributed by atoms with Gasteiger partial charge in [-0.05, 0) is 42.8 Å². The van der Waals surface area contributed by atoms with Crippen LogP contribution in [-0.4, -0.2) is 42.2 Å². The number of carboxylic acid groups (broad SMARTS) is 1. The van der Waals surface area contributed by atoms with Gasteiger partial charge in [0.1, 0.15) is 18.2 Å². The van der Waals surface area contributed by atoms with E-state index in [-0.39, 0.29) is 35.0 Å². The van der Waals surface area contributed by atoms with Crippen molar-refractivity contribution in [3.8, 4) is 17.6 Å². The van der Waals surface area contributed by atoms with Gasteiger partial charge < -0.3 is 9.84 Å². The highest BCUT2D eigenvalue weighted by atomic mass is 19.4. The summed E-state index contributed by atoms with van der Waals surface area (Å²) in [5, 5.41) is 8.95. The number of ether oxygens (including phenoxy) is 1. The molecule has 4 nitrogen and oxygen atoms in total. The van der Waals surface area contributed by atoms with Gasteiger partial charge in [-0.3, -0.25) is 9.69 Å². The van der Waals surface area contributed by atoms with Crippen molar-refractivity contribution >= 4 is 12.0 Å². The predicted octanol–water partition coefficient (Wildman–Crippen LogP) is 4.34. The van der Waals surface area contributed by atoms with E-state index in [1.807, 2.05) is 4.90 Å². The molecule has 0 spiro atoms. The van der Waals surface area contributed by atoms with E-state index in [0.717, 1.165) is 11.6 Å². The number of likely N-dealkylation sites (tertiary alicyclic amines) is 1. The lowest BCUT2D eigenvalue weighted by Crippen LogP contribution is -2.51. The number of aryl methyl sites for hydroxylation is 1. The smallest absolute Gasteiger partial charge is 0.417 e. The average molecular weight is 445 g/mol. The molecular formula is C24H19F4NO3. The first-order valence-electron chi connectivity index (χ1n) is 9.91. The van der Waals surface area contributed by atoms with Gasteiger partial charge in [-0.25, -0.2) is 4.39 Å². The molecule has 1 N–H and O–H groups in total. The maximum Gasteiger partial charge on any atom is 0.417 e. The van der Waals surface area contributed by atoms with Crippen molar-refractivity contribution < 1.29 is 32.2 Å². The van der Waals surface area contributed by atoms with Gasteiger partial charge in [-0.15, -0.1) is 0 Å². The summed E-state index contributed by atoms with van der Waals surface area (Å²) in [6, 6.07) is 6.54. The molecule has 2 aliphatic heterocycles. The number of carbonyl (C=O) groups is 1. The number of nitrogens with zero attached hydrogens (tertiary/aromatic N) is 1. The van der Waals surface area contributed by atoms with Crippen LogP contribution < -0.4 is 4.74 Å². The first-order chi connectivity index (χ1) is 15.1. The van der Waals surface area contributed by atoms with Crippen molar-refractivity contribution in [2.75, 3.05) is 26.2 Å². The number of hydrogen-bond donors (Lipinski definition) is 1. The maximum atomic E-state index is 14.7. The zero-order chi connectivity index (χ0) is 23.0. The van der Waals surface area contributed by atoms with Gasteiger partial charge in [0.25, 0.3) is 0 Å². The minimum Gasteiger partial charge on any atom is -0.488 e. The third-order valence-corrected chi connectivity index (χ3v) is 5.41. The van der Waals surface area contributed by atoms with Crippen LogP contribution in [0.1, 0.15) is 27.8 Å². The lowest BCUT2D eigenvalue weighted by atomic mass is 9.98. The topological polar surface area (TPSA) is 49.8 Å². The van der Waals surface area contributed by atoms with Gasteiger partial charge in [-0.2, -0.15) is 13.2 Å². The Labute approximate surface area is 182 Å². The van der Waals surface area contributed by atoms with E-state index in [2.05, 4.69) is 11.8 Å². The second-order valence-electron chi connectivity index (χ2n) is 7.99. The van der Waals surface area contributed by atoms with Crippen LogP contribution in [0, 0.1) is 30.5 Å². The van der Waals surface area contributed by atoms with Crippen LogP contribution in [0.25, 0.3) is 6.08 Å². The van der Waals surface area contributed by atoms with E-state index in [9.17, 15) is 22.4 Å². The highest BCUT2D eigenvalue weighted by Gasteiger charge is 2.34. The fourth-order valence-corrected chi connectivity index (χ4v) is 3.72. The van der Waals surface area contributed by atoms with E-state index < -0.39 is 23.5 Å². The SMILES string of the molecule is Cc1ccc(C#Cc2cc(F)c3c(c2)OCC(CN2CC(C(=O)O)C2)=C3)c(C(F)(F)F)c1. The van der Waals surface area contributed by atoms with Crippen LogP contribution in [0.2, 0.25) is 0 Å². The molecule has 2 aromatic carbocycles. The minimum absolute atomic E-state index is 0.182. The molecule has 0 amide bonds. The first kappa shape index (κ1) is 21.9. The standard InChI is InChI=1S/C24H19F4NO3/c1-14-2-4-17(20(6-14)24(26,27)28)5-3-15-8-21(25)19-7-16(13-32-22(19)9-15)10-29-11-18(12-29)23(30)31/h2,4,6-9,18H,10-13H2,1H3,(H,30,31). The molecule has 8 heteroatoms. The number of hydrogen-bond acceptors (Lipinski definition) is 3. The van der Waals surface area contributed by atoms with E-state index in [4.69, 9.17) is 9.84 Å². The summed E-state index contributed by atoms with van der Waals surface area (Å²) in [5.41, 5.74) is 0.725. The van der Waals surface area contributed by atoms with Gasteiger partial charge in [0, 0.05) is 30.8 Å². The lowest BCUT2D eigenvalue weighted by molar-refractivity contribution is -0.147. The van der Waals surface area contributed by atoms with E-state index in [0.29, 0.717) is 25.2 Å². The summed E-state index contributed by atoms with van der Waals surface area (Å²) in [4.78, 5) is 12.8. The van der Waals surface area contributed by atoms with Crippen LogP contribution in [0.5, 0.6) is 5.75 Å². The van der Waals surface area contributed by atoms with Gasteiger partial charge in [-0.1, -0.05) is 23.5 Å². The van der Waals surface area contributed by atoms with Crippen molar-refractivity contribution in [3.63, 3.8) is 0 Å². The summed E-state index contributed by atoms with van der Waals surface area (Å²) in [6.45, 7) is 3.15. The van der Waals surface area contributed by atoms with Crippen LogP contribution in [0.4, 0.5) is 17.6 Å². The molecule has 32 heavy (non-hydrogen) atoms. The first-order valence-corrected chi connectivity index (χ1v) is 9.91. The molecular weight excluding hydrogens is 426 g/mol. The highest BCUT2D eigenvalue weighted by Crippen LogP contribution is 2.33. The fourth-order valence-electron chi connectivity index (χ4n) is 3.72. The molecule has 1 fully saturated rings. The van der Waals surface area contributed by atoms with Gasteiger partial charge >= 0.3 is 12.1 Å². The Balaban J connectivity index is 1.55. The normalized spacial score (nSPS) is 16.2. The van der Waals surface area contributed by atoms with Crippen LogP contribution >= 0.6 is 0 Å². The zero-order valence-electron chi connectivity index (χ0n) is 17.1. The van der Waals surface area contributed by atoms with Gasteiger partial charge in [0.2, 0.25) is 0 Å². The largest absolute Gasteiger partial charge is 0.488 e. The van der Waals surface area contributed by atoms with Crippen molar-refractivity contribution in [3.05, 3.63) is 69.5 Å². The summed E-state index contributed by atoms with van der Waals surface area (Å²) in [5.74, 6) is 3.58. The number of carboxylic acids is 1. The molecule has 0 atom stereocenters. The van der Waals surface area contributed by atoms with Crippen molar-refractivity contribution in [1.29, 1.82) is 0 Å². The third kappa shape index (κ3) is 4.63. The zero-order valence-corrected chi connectivity index (χ0v) is 17.1. The van der Waals surface area contributed by atoms with Gasteiger partial charge in [0.05, 0.1) is 17.0 Å². The van der Waals surface area contributed by atoms with Gasteiger partial charge in [0.15, 0.2) is 0 Å². The van der Waals surface area contributed by atoms with Crippen LogP contribution in [0.15, 0.2) is 35.9 Å². The highest BCUT2D eigenvalue weighted by molar-refractivity contribution is 5.71. The quantitative estimate of drug-likeness (QED) is 0.564. The Morgan fingerprint density at radius 3 is 2.66 bits per heavy atom. The molecule has 2 aromatic rings. The Hall–Kier alpha value is -3.31. The average Bonchev–Trinajstić information content (AvgIpc) is 2.68. The molecule has 2 heterocycles. The molecule has 0 aliphatic carbocycles. The maximum absolute atomic E-state index is 14.7. The summed E-state index contributed by atoms with van der Waals surface area (Å²) in [7, 11) is 0. The monoisotopic (exact) mass is 445 g/mol. The summed E-state index contributed by atoms with van der Waals surface area (Å²) < 4.78 is 60.2. The van der Waals surface area contributed by atoms with Crippen LogP contribution in [-0.2, 0) is 11.0 Å². The molecule has 2 aliphatic rings. The Bertz CT molecular complexity index is 1170. The predicted molar refractivity (Wildman–Crippen MR) is 110 cm³/mol. The number of benzene rings is 2. The van der Waals surface area contributed by atoms with Crippen molar-refractivity contribution in [2.45, 2.75) is 13.1 Å². The second kappa shape index (κ2) is 8.32. The number of alkyl halides is 3. The minimum atomic E-state index is -4.54. The summed E-state index contributed by atoms with van der Waals surface area (Å²) >= 11 is 0. The second-order valence-corrected chi connectivity index (χ2v) is 7.99. The Kier molecular flexibility index (Phi) is 5.70. The van der Waals surface area contributed by atoms with Crippen LogP contribution in [0.3, 0.4) is 0 Å². The van der Waals surface area contributed by atoms with Crippen molar-refractivity contribution in [2.24, 2.45) is 5.92 Å². The number of fused-ring (bicyclic) bond motifs is 1. The molecule has 1 saturated heterocycles. The van der Waals surface area contributed by atoms with E-state index in [1.54, 1.807) is 19.1 Å². The number of rotatable bonds is 3. The molecule has 0 radical (unpaired) electrons. The fraction of sp³-hybridized carbons (Fsp3) is 0.292. The molecule has 4 rings (SSSR count). The molecule has 0 unspecified atom stereocenters. The third-order valence-electron chi connectivity index (χ3n) is 5.41. The Morgan fingerprint density at radius 1 is 1.22 bits per heavy atom. The molecule has 0 aromatic heterocycles. The summed E-state index contributed by atoms with van der Waals surface area (Å²) in [6.07, 6.45) is -2.87. The van der Waals surface area contributed by atoms with E-state index >= 15 is 0 Å². The van der Waals surface area contributed by atoms with E-state index in [1.165, 1.54) is 18.2 Å². The molecule has 166 valence electrons. The molecule has 0 saturated carbocycles. The van der Waals surface area contributed by atoms with Crippen molar-refractivity contribution in [1.82, 2.24) is 4.90 Å². The lowest BCUT2D eigenvalue weighted by Gasteiger charge is -2.37. The Morgan fingerprint density at radius 2 is 1.97 bits per heavy atom. The molecule has 0 bridgehead atoms. The number of halogens is 4. The number of aliphatic carboxylic acids is 1.